The fraction of sp³-hybridized carbons (Fsp3) is 0.167. The lowest BCUT2D eigenvalue weighted by atomic mass is 10.2. The summed E-state index contributed by atoms with van der Waals surface area (Å²) in [6.45, 7) is 0. The van der Waals surface area contributed by atoms with E-state index in [1.165, 1.54) is 0 Å². The van der Waals surface area contributed by atoms with Crippen LogP contribution in [0.25, 0.3) is 0 Å². The molecular formula is C12H12N2S. The second-order valence-corrected chi connectivity index (χ2v) is 4.19. The van der Waals surface area contributed by atoms with Crippen molar-refractivity contribution in [1.29, 1.82) is 0 Å². The molecule has 0 saturated carbocycles. The highest BCUT2D eigenvalue weighted by Crippen LogP contribution is 2.08. The Labute approximate surface area is 93.8 Å². The number of hydrogen-bond donors (Lipinski definition) is 0. The molecule has 0 bridgehead atoms. The van der Waals surface area contributed by atoms with E-state index in [-0.39, 0.29) is 0 Å². The van der Waals surface area contributed by atoms with E-state index >= 15 is 0 Å². The lowest BCUT2D eigenvalue weighted by Crippen LogP contribution is -2.02. The van der Waals surface area contributed by atoms with Gasteiger partial charge < -0.3 is 0 Å². The van der Waals surface area contributed by atoms with Crippen molar-refractivity contribution in [3.63, 3.8) is 0 Å². The van der Waals surface area contributed by atoms with Crippen LogP contribution in [-0.4, -0.2) is 23.4 Å². The number of thioether (sulfide) groups is 1. The first-order chi connectivity index (χ1) is 7.45. The second-order valence-electron chi connectivity index (χ2n) is 3.16. The Hall–Kier alpha value is -1.35. The van der Waals surface area contributed by atoms with E-state index in [0.717, 1.165) is 22.8 Å². The second kappa shape index (κ2) is 5.51. The summed E-state index contributed by atoms with van der Waals surface area (Å²) in [5.74, 6) is 2.05. The number of benzene rings is 1. The Morgan fingerprint density at radius 3 is 2.80 bits per heavy atom. The predicted octanol–water partition coefficient (Wildman–Crippen LogP) is 2.76. The lowest BCUT2D eigenvalue weighted by Gasteiger charge is -2.02. The summed E-state index contributed by atoms with van der Waals surface area (Å²) < 4.78 is 0. The van der Waals surface area contributed by atoms with Crippen LogP contribution in [0.3, 0.4) is 0 Å². The van der Waals surface area contributed by atoms with Crippen LogP contribution in [0, 0.1) is 0 Å². The minimum absolute atomic E-state index is 0.961. The van der Waals surface area contributed by atoms with Gasteiger partial charge in [-0.2, -0.15) is 22.0 Å². The molecule has 0 amide bonds. The molecule has 0 unspecified atom stereocenters. The highest BCUT2D eigenvalue weighted by molar-refractivity contribution is 8.00. The van der Waals surface area contributed by atoms with Crippen LogP contribution in [-0.2, 0) is 0 Å². The zero-order chi connectivity index (χ0) is 10.3. The van der Waals surface area contributed by atoms with Crippen molar-refractivity contribution in [1.82, 2.24) is 0 Å². The summed E-state index contributed by atoms with van der Waals surface area (Å²) in [5.41, 5.74) is 2.12. The molecule has 2 nitrogen and oxygen atoms in total. The van der Waals surface area contributed by atoms with Crippen molar-refractivity contribution in [2.45, 2.75) is 0 Å². The lowest BCUT2D eigenvalue weighted by molar-refractivity contribution is 1.24. The van der Waals surface area contributed by atoms with Gasteiger partial charge >= 0.3 is 0 Å². The topological polar surface area (TPSA) is 24.7 Å². The maximum absolute atomic E-state index is 4.16. The van der Waals surface area contributed by atoms with Gasteiger partial charge in [0.05, 0.1) is 11.9 Å². The molecule has 1 aromatic carbocycles. The van der Waals surface area contributed by atoms with Crippen molar-refractivity contribution in [3.05, 3.63) is 48.0 Å². The van der Waals surface area contributed by atoms with Crippen molar-refractivity contribution < 1.29 is 0 Å². The molecule has 0 atom stereocenters. The van der Waals surface area contributed by atoms with Crippen molar-refractivity contribution in [3.8, 4) is 0 Å². The van der Waals surface area contributed by atoms with Gasteiger partial charge in [0.15, 0.2) is 0 Å². The monoisotopic (exact) mass is 216 g/mol. The van der Waals surface area contributed by atoms with Crippen molar-refractivity contribution >= 4 is 23.7 Å². The van der Waals surface area contributed by atoms with E-state index in [9.17, 15) is 0 Å². The molecular weight excluding hydrogens is 204 g/mol. The Kier molecular flexibility index (Phi) is 3.74. The number of nitrogens with zero attached hydrogens (tertiary/aromatic N) is 2. The molecule has 76 valence electrons. The summed E-state index contributed by atoms with van der Waals surface area (Å²) in [7, 11) is 0. The Balaban J connectivity index is 2.00. The van der Waals surface area contributed by atoms with Gasteiger partial charge in [-0.05, 0) is 11.6 Å². The maximum Gasteiger partial charge on any atom is 0.0726 e. The highest BCUT2D eigenvalue weighted by atomic mass is 32.2. The van der Waals surface area contributed by atoms with Crippen LogP contribution >= 0.6 is 11.8 Å². The van der Waals surface area contributed by atoms with E-state index in [0.29, 0.717) is 0 Å². The number of allylic oxidation sites excluding steroid dienone is 1. The minimum Gasteiger partial charge on any atom is -0.158 e. The summed E-state index contributed by atoms with van der Waals surface area (Å²) >= 11 is 1.86. The van der Waals surface area contributed by atoms with Crippen molar-refractivity contribution in [2.24, 2.45) is 10.2 Å². The fourth-order valence-electron chi connectivity index (χ4n) is 1.23. The summed E-state index contributed by atoms with van der Waals surface area (Å²) in [5, 5.41) is 8.22. The summed E-state index contributed by atoms with van der Waals surface area (Å²) in [4.78, 5) is 0. The van der Waals surface area contributed by atoms with Gasteiger partial charge in [0, 0.05) is 11.5 Å². The quantitative estimate of drug-likeness (QED) is 0.551. The first-order valence-electron chi connectivity index (χ1n) is 4.84. The molecule has 1 aliphatic heterocycles. The Morgan fingerprint density at radius 2 is 2.07 bits per heavy atom. The molecule has 2 rings (SSSR count). The third-order valence-corrected chi connectivity index (χ3v) is 2.89. The highest BCUT2D eigenvalue weighted by Gasteiger charge is 1.98. The van der Waals surface area contributed by atoms with Crippen LogP contribution < -0.4 is 0 Å². The van der Waals surface area contributed by atoms with Gasteiger partial charge in [-0.1, -0.05) is 36.4 Å². The molecule has 0 spiro atoms. The molecule has 0 aliphatic carbocycles. The zero-order valence-electron chi connectivity index (χ0n) is 8.34. The summed E-state index contributed by atoms with van der Waals surface area (Å²) in [6.07, 6.45) is 5.93. The zero-order valence-corrected chi connectivity index (χ0v) is 9.15. The third kappa shape index (κ3) is 3.36. The standard InChI is InChI=1S/C12H12N2S/c1-2-5-11(6-3-1)9-13-14-12-7-4-8-15-10-12/h1-7,9H,8,10H2/b13-9-,14-12-. The van der Waals surface area contributed by atoms with Gasteiger partial charge in [-0.25, -0.2) is 0 Å². The molecule has 3 heteroatoms. The van der Waals surface area contributed by atoms with Crippen LogP contribution in [0.1, 0.15) is 5.56 Å². The Bertz CT molecular complexity index is 393. The average Bonchev–Trinajstić information content (AvgIpc) is 2.32. The fourth-order valence-corrected chi connectivity index (χ4v) is 1.95. The van der Waals surface area contributed by atoms with E-state index in [1.54, 1.807) is 6.21 Å². The molecule has 15 heavy (non-hydrogen) atoms. The predicted molar refractivity (Wildman–Crippen MR) is 67.9 cm³/mol. The maximum atomic E-state index is 4.16. The van der Waals surface area contributed by atoms with Crippen LogP contribution in [0.4, 0.5) is 0 Å². The third-order valence-electron chi connectivity index (χ3n) is 1.97. The van der Waals surface area contributed by atoms with Crippen molar-refractivity contribution in [2.75, 3.05) is 11.5 Å². The summed E-state index contributed by atoms with van der Waals surface area (Å²) in [6, 6.07) is 9.99. The van der Waals surface area contributed by atoms with E-state index < -0.39 is 0 Å². The van der Waals surface area contributed by atoms with Gasteiger partial charge in [0.2, 0.25) is 0 Å². The normalized spacial score (nSPS) is 18.8. The largest absolute Gasteiger partial charge is 0.158 e. The van der Waals surface area contributed by atoms with Gasteiger partial charge in [0.25, 0.3) is 0 Å². The molecule has 0 saturated heterocycles. The molecule has 0 N–H and O–H groups in total. The Morgan fingerprint density at radius 1 is 1.20 bits per heavy atom. The van der Waals surface area contributed by atoms with Gasteiger partial charge in [0.1, 0.15) is 0 Å². The van der Waals surface area contributed by atoms with Crippen LogP contribution in [0.5, 0.6) is 0 Å². The number of hydrogen-bond acceptors (Lipinski definition) is 3. The van der Waals surface area contributed by atoms with E-state index in [1.807, 2.05) is 48.2 Å². The molecule has 1 heterocycles. The molecule has 0 aromatic heterocycles. The molecule has 0 fully saturated rings. The molecule has 1 aliphatic rings. The smallest absolute Gasteiger partial charge is 0.0726 e. The first-order valence-corrected chi connectivity index (χ1v) is 6.00. The van der Waals surface area contributed by atoms with Gasteiger partial charge in [-0.15, -0.1) is 0 Å². The average molecular weight is 216 g/mol. The van der Waals surface area contributed by atoms with Crippen LogP contribution in [0.15, 0.2) is 52.7 Å². The van der Waals surface area contributed by atoms with Crippen LogP contribution in [0.2, 0.25) is 0 Å². The minimum atomic E-state index is 0.961. The van der Waals surface area contributed by atoms with E-state index in [4.69, 9.17) is 0 Å². The number of rotatable bonds is 2. The molecule has 0 radical (unpaired) electrons. The van der Waals surface area contributed by atoms with Gasteiger partial charge in [-0.3, -0.25) is 0 Å². The first kappa shape index (κ1) is 10.2. The molecule has 1 aromatic rings. The van der Waals surface area contributed by atoms with E-state index in [2.05, 4.69) is 16.3 Å². The SMILES string of the molecule is C1=C/C(=N/N=C\c2ccccc2)CSC1.